The Balaban J connectivity index is 2.12. The Morgan fingerprint density at radius 1 is 1.20 bits per heavy atom. The van der Waals surface area contributed by atoms with Gasteiger partial charge >= 0.3 is 0 Å². The Bertz CT molecular complexity index is 377. The second-order valence-corrected chi connectivity index (χ2v) is 5.76. The van der Waals surface area contributed by atoms with E-state index in [1.807, 2.05) is 19.1 Å². The maximum atomic E-state index is 5.84. The van der Waals surface area contributed by atoms with E-state index < -0.39 is 0 Å². The molecule has 1 heterocycles. The van der Waals surface area contributed by atoms with Crippen LogP contribution in [0.15, 0.2) is 12.1 Å². The second-order valence-electron chi connectivity index (χ2n) is 5.76. The summed E-state index contributed by atoms with van der Waals surface area (Å²) in [4.78, 5) is 4.51. The molecular weight excluding hydrogens is 248 g/mol. The van der Waals surface area contributed by atoms with Gasteiger partial charge in [0.15, 0.2) is 0 Å². The van der Waals surface area contributed by atoms with E-state index in [4.69, 9.17) is 4.74 Å². The van der Waals surface area contributed by atoms with E-state index in [1.165, 1.54) is 12.8 Å². The number of nitrogens with zero attached hydrogens (tertiary/aromatic N) is 1. The van der Waals surface area contributed by atoms with Gasteiger partial charge in [-0.3, -0.25) is 4.98 Å². The lowest BCUT2D eigenvalue weighted by molar-refractivity contribution is 0.300. The molecule has 1 aromatic rings. The number of hydrogen-bond donors (Lipinski definition) is 1. The number of ether oxygens (including phenoxy) is 1. The molecule has 3 nitrogen and oxygen atoms in total. The molecule has 0 spiro atoms. The van der Waals surface area contributed by atoms with Crippen LogP contribution in [0.4, 0.5) is 0 Å². The van der Waals surface area contributed by atoms with Gasteiger partial charge in [0.05, 0.1) is 12.3 Å². The molecule has 1 N–H and O–H groups in total. The maximum Gasteiger partial charge on any atom is 0.140 e. The number of rotatable bonds is 10. The lowest BCUT2D eigenvalue weighted by Gasteiger charge is -2.10. The molecular formula is C17H30N2O. The van der Waals surface area contributed by atoms with Gasteiger partial charge in [0, 0.05) is 5.69 Å². The van der Waals surface area contributed by atoms with Gasteiger partial charge in [-0.25, -0.2) is 0 Å². The standard InChI is InChI=1S/C17H30N2O/c1-5-16-17(10-9-15(4)19-16)20-12-8-6-7-11-18-13-14(2)3/h9-10,14,18H,5-8,11-13H2,1-4H3. The number of nitrogens with one attached hydrogen (secondary N) is 1. The van der Waals surface area contributed by atoms with Gasteiger partial charge in [-0.2, -0.15) is 0 Å². The summed E-state index contributed by atoms with van der Waals surface area (Å²) in [5.41, 5.74) is 2.13. The number of hydrogen-bond acceptors (Lipinski definition) is 3. The predicted octanol–water partition coefficient (Wildman–Crippen LogP) is 3.75. The first kappa shape index (κ1) is 17.0. The highest BCUT2D eigenvalue weighted by Crippen LogP contribution is 2.17. The molecule has 20 heavy (non-hydrogen) atoms. The third kappa shape index (κ3) is 6.90. The van der Waals surface area contributed by atoms with Gasteiger partial charge < -0.3 is 10.1 Å². The largest absolute Gasteiger partial charge is 0.492 e. The van der Waals surface area contributed by atoms with Crippen LogP contribution in [0.2, 0.25) is 0 Å². The average molecular weight is 278 g/mol. The zero-order chi connectivity index (χ0) is 14.8. The van der Waals surface area contributed by atoms with Crippen LogP contribution < -0.4 is 10.1 Å². The van der Waals surface area contributed by atoms with Crippen LogP contribution in [-0.4, -0.2) is 24.7 Å². The number of pyridine rings is 1. The minimum absolute atomic E-state index is 0.736. The van der Waals surface area contributed by atoms with Crippen LogP contribution in [0.3, 0.4) is 0 Å². The van der Waals surface area contributed by atoms with Gasteiger partial charge in [-0.1, -0.05) is 20.8 Å². The van der Waals surface area contributed by atoms with E-state index in [9.17, 15) is 0 Å². The molecule has 0 radical (unpaired) electrons. The van der Waals surface area contributed by atoms with E-state index in [0.29, 0.717) is 0 Å². The summed E-state index contributed by atoms with van der Waals surface area (Å²) in [6.45, 7) is 11.6. The van der Waals surface area contributed by atoms with Crippen LogP contribution in [0, 0.1) is 12.8 Å². The van der Waals surface area contributed by atoms with Crippen molar-refractivity contribution in [3.05, 3.63) is 23.5 Å². The third-order valence-corrected chi connectivity index (χ3v) is 3.21. The highest BCUT2D eigenvalue weighted by Gasteiger charge is 2.03. The quantitative estimate of drug-likeness (QED) is 0.662. The summed E-state index contributed by atoms with van der Waals surface area (Å²) in [6, 6.07) is 4.07. The molecule has 114 valence electrons. The number of aromatic nitrogens is 1. The van der Waals surface area contributed by atoms with Crippen LogP contribution in [0.1, 0.15) is 51.4 Å². The minimum Gasteiger partial charge on any atom is -0.492 e. The zero-order valence-corrected chi connectivity index (χ0v) is 13.5. The molecule has 0 fully saturated rings. The molecule has 0 aliphatic rings. The Kier molecular flexibility index (Phi) is 8.28. The van der Waals surface area contributed by atoms with Gasteiger partial charge in [-0.15, -0.1) is 0 Å². The zero-order valence-electron chi connectivity index (χ0n) is 13.5. The van der Waals surface area contributed by atoms with Crippen LogP contribution in [0.5, 0.6) is 5.75 Å². The van der Waals surface area contributed by atoms with Crippen molar-refractivity contribution in [1.82, 2.24) is 10.3 Å². The minimum atomic E-state index is 0.736. The van der Waals surface area contributed by atoms with E-state index in [-0.39, 0.29) is 0 Å². The molecule has 0 amide bonds. The molecule has 0 saturated heterocycles. The molecule has 0 aliphatic heterocycles. The second kappa shape index (κ2) is 9.76. The van der Waals surface area contributed by atoms with Crippen LogP contribution in [-0.2, 0) is 6.42 Å². The highest BCUT2D eigenvalue weighted by atomic mass is 16.5. The molecule has 0 aromatic carbocycles. The van der Waals surface area contributed by atoms with E-state index in [2.05, 4.69) is 31.1 Å². The van der Waals surface area contributed by atoms with Crippen molar-refractivity contribution in [2.45, 2.75) is 53.4 Å². The summed E-state index contributed by atoms with van der Waals surface area (Å²) in [6.07, 6.45) is 4.48. The van der Waals surface area contributed by atoms with E-state index in [0.717, 1.165) is 55.6 Å². The van der Waals surface area contributed by atoms with Crippen LogP contribution in [0.25, 0.3) is 0 Å². The molecule has 3 heteroatoms. The topological polar surface area (TPSA) is 34.1 Å². The number of aryl methyl sites for hydroxylation is 2. The lowest BCUT2D eigenvalue weighted by atomic mass is 10.2. The molecule has 0 aliphatic carbocycles. The summed E-state index contributed by atoms with van der Waals surface area (Å²) in [5.74, 6) is 1.69. The Morgan fingerprint density at radius 3 is 2.70 bits per heavy atom. The molecule has 1 rings (SSSR count). The van der Waals surface area contributed by atoms with Crippen molar-refractivity contribution < 1.29 is 4.74 Å². The van der Waals surface area contributed by atoms with Crippen molar-refractivity contribution in [3.63, 3.8) is 0 Å². The van der Waals surface area contributed by atoms with Crippen molar-refractivity contribution in [1.29, 1.82) is 0 Å². The van der Waals surface area contributed by atoms with Gasteiger partial charge in [0.2, 0.25) is 0 Å². The lowest BCUT2D eigenvalue weighted by Crippen LogP contribution is -2.20. The van der Waals surface area contributed by atoms with Crippen molar-refractivity contribution >= 4 is 0 Å². The smallest absolute Gasteiger partial charge is 0.140 e. The monoisotopic (exact) mass is 278 g/mol. The molecule has 0 unspecified atom stereocenters. The summed E-state index contributed by atoms with van der Waals surface area (Å²) >= 11 is 0. The third-order valence-electron chi connectivity index (χ3n) is 3.21. The first-order valence-corrected chi connectivity index (χ1v) is 7.93. The van der Waals surface area contributed by atoms with E-state index in [1.54, 1.807) is 0 Å². The molecule has 0 atom stereocenters. The first-order chi connectivity index (χ1) is 9.63. The SMILES string of the molecule is CCc1nc(C)ccc1OCCCCCNCC(C)C. The average Bonchev–Trinajstić information content (AvgIpc) is 2.42. The molecule has 0 bridgehead atoms. The maximum absolute atomic E-state index is 5.84. The van der Waals surface area contributed by atoms with Gasteiger partial charge in [0.1, 0.15) is 5.75 Å². The normalized spacial score (nSPS) is 11.1. The Labute approximate surface area is 124 Å². The van der Waals surface area contributed by atoms with Crippen molar-refractivity contribution in [3.8, 4) is 5.75 Å². The predicted molar refractivity (Wildman–Crippen MR) is 85.4 cm³/mol. The molecule has 1 aromatic heterocycles. The summed E-state index contributed by atoms with van der Waals surface area (Å²) in [5, 5.41) is 3.47. The number of unbranched alkanes of at least 4 members (excludes halogenated alkanes) is 2. The van der Waals surface area contributed by atoms with Gasteiger partial charge in [0.25, 0.3) is 0 Å². The molecule has 0 saturated carbocycles. The van der Waals surface area contributed by atoms with Crippen molar-refractivity contribution in [2.24, 2.45) is 5.92 Å². The summed E-state index contributed by atoms with van der Waals surface area (Å²) in [7, 11) is 0. The fourth-order valence-electron chi connectivity index (χ4n) is 2.08. The first-order valence-electron chi connectivity index (χ1n) is 7.93. The Hall–Kier alpha value is -1.09. The fraction of sp³-hybridized carbons (Fsp3) is 0.706. The summed E-state index contributed by atoms with van der Waals surface area (Å²) < 4.78 is 5.84. The van der Waals surface area contributed by atoms with Gasteiger partial charge in [-0.05, 0) is 63.7 Å². The fourth-order valence-corrected chi connectivity index (χ4v) is 2.08. The van der Waals surface area contributed by atoms with Crippen molar-refractivity contribution in [2.75, 3.05) is 19.7 Å². The van der Waals surface area contributed by atoms with E-state index >= 15 is 0 Å². The highest BCUT2D eigenvalue weighted by molar-refractivity contribution is 5.29. The Morgan fingerprint density at radius 2 is 2.00 bits per heavy atom. The van der Waals surface area contributed by atoms with Crippen LogP contribution >= 0.6 is 0 Å².